The van der Waals surface area contributed by atoms with E-state index < -0.39 is 0 Å². The molecule has 3 aromatic carbocycles. The number of aryl methyl sites for hydroxylation is 1. The molecule has 29 heavy (non-hydrogen) atoms. The first-order chi connectivity index (χ1) is 12.6. The first-order valence-corrected chi connectivity index (χ1v) is 11.9. The Morgan fingerprint density at radius 2 is 1.59 bits per heavy atom. The fourth-order valence-electron chi connectivity index (χ4n) is 3.00. The Hall–Kier alpha value is -0.790. The Labute approximate surface area is 210 Å². The van der Waals surface area contributed by atoms with E-state index in [-0.39, 0.29) is 59.8 Å². The van der Waals surface area contributed by atoms with E-state index in [1.807, 2.05) is 13.8 Å². The summed E-state index contributed by atoms with van der Waals surface area (Å²) >= 11 is 0. The molecule has 0 nitrogen and oxygen atoms in total. The molecule has 0 unspecified atom stereocenters. The zero-order valence-electron chi connectivity index (χ0n) is 17.9. The van der Waals surface area contributed by atoms with Crippen LogP contribution < -0.4 is 24.8 Å². The molecule has 0 heterocycles. The number of hydrogen-bond donors (Lipinski definition) is 0. The van der Waals surface area contributed by atoms with Gasteiger partial charge in [-0.15, -0.1) is 41.0 Å². The quantitative estimate of drug-likeness (QED) is 0.356. The maximum atomic E-state index is 3.31. The van der Waals surface area contributed by atoms with Crippen molar-refractivity contribution in [3.8, 4) is 11.1 Å². The molecule has 0 aromatic heterocycles. The monoisotopic (exact) mass is 517 g/mol. The normalized spacial score (nSPS) is 11.0. The van der Waals surface area contributed by atoms with Crippen LogP contribution in [0.1, 0.15) is 25.8 Å². The van der Waals surface area contributed by atoms with E-state index in [1.54, 1.807) is 0 Å². The van der Waals surface area contributed by atoms with Crippen LogP contribution in [0.3, 0.4) is 0 Å². The third-order valence-corrected chi connectivity index (χ3v) is 5.63. The minimum absolute atomic E-state index is 0. The van der Waals surface area contributed by atoms with E-state index in [9.17, 15) is 0 Å². The molecule has 3 aromatic rings. The van der Waals surface area contributed by atoms with Gasteiger partial charge >= 0.3 is 26.2 Å². The topological polar surface area (TPSA) is 0 Å². The molecule has 4 heteroatoms. The number of benzene rings is 2. The number of allylic oxidation sites excluding steroid dienone is 4. The molecular weight excluding hydrogens is 490 g/mol. The van der Waals surface area contributed by atoms with Crippen molar-refractivity contribution in [3.63, 3.8) is 0 Å². The van der Waals surface area contributed by atoms with Crippen LogP contribution in [-0.2, 0) is 26.2 Å². The molecule has 0 aliphatic heterocycles. The Kier molecular flexibility index (Phi) is 16.7. The van der Waals surface area contributed by atoms with Crippen molar-refractivity contribution in [1.82, 2.24) is 0 Å². The molecular formula is C25H29Cl2SiZr. The second kappa shape index (κ2) is 16.0. The molecule has 0 spiro atoms. The van der Waals surface area contributed by atoms with Gasteiger partial charge in [0.05, 0.1) is 0 Å². The third-order valence-electron chi connectivity index (χ3n) is 4.21. The summed E-state index contributed by atoms with van der Waals surface area (Å²) in [6, 6.07) is 21.6. The van der Waals surface area contributed by atoms with E-state index in [2.05, 4.69) is 98.9 Å². The van der Waals surface area contributed by atoms with Crippen LogP contribution in [0.25, 0.3) is 21.9 Å². The summed E-state index contributed by atoms with van der Waals surface area (Å²) in [5.74, 6) is 0. The van der Waals surface area contributed by atoms with Gasteiger partial charge in [-0.05, 0) is 5.56 Å². The van der Waals surface area contributed by atoms with Crippen molar-refractivity contribution in [2.24, 2.45) is 0 Å². The third kappa shape index (κ3) is 8.85. The molecule has 0 saturated heterocycles. The fraction of sp³-hybridized carbons (Fsp3) is 0.240. The van der Waals surface area contributed by atoms with Gasteiger partial charge in [0.2, 0.25) is 0 Å². The van der Waals surface area contributed by atoms with Gasteiger partial charge in [0.25, 0.3) is 0 Å². The van der Waals surface area contributed by atoms with E-state index in [0.29, 0.717) is 0 Å². The zero-order chi connectivity index (χ0) is 18.9. The second-order valence-electron chi connectivity index (χ2n) is 6.40. The van der Waals surface area contributed by atoms with Gasteiger partial charge in [0, 0.05) is 8.80 Å². The van der Waals surface area contributed by atoms with Crippen LogP contribution in [0.5, 0.6) is 0 Å². The van der Waals surface area contributed by atoms with Crippen LogP contribution in [0.4, 0.5) is 0 Å². The minimum Gasteiger partial charge on any atom is -1.00 e. The van der Waals surface area contributed by atoms with Crippen molar-refractivity contribution < 1.29 is 51.0 Å². The zero-order valence-corrected chi connectivity index (χ0v) is 22.9. The minimum atomic E-state index is -0.194. The average Bonchev–Trinajstić information content (AvgIpc) is 3.33. The molecule has 0 amide bonds. The van der Waals surface area contributed by atoms with Gasteiger partial charge in [-0.3, -0.25) is 6.08 Å². The maximum Gasteiger partial charge on any atom is 4.00 e. The van der Waals surface area contributed by atoms with Crippen LogP contribution in [-0.4, -0.2) is 8.80 Å². The van der Waals surface area contributed by atoms with Gasteiger partial charge in [-0.2, -0.15) is 12.1 Å². The Balaban J connectivity index is 0. The Morgan fingerprint density at radius 3 is 2.10 bits per heavy atom. The molecule has 1 aliphatic carbocycles. The molecule has 0 fully saturated rings. The van der Waals surface area contributed by atoms with Gasteiger partial charge < -0.3 is 24.8 Å². The second-order valence-corrected chi connectivity index (χ2v) is 8.94. The summed E-state index contributed by atoms with van der Waals surface area (Å²) in [6.45, 7) is 10.7. The molecule has 0 saturated carbocycles. The molecule has 4 rings (SSSR count). The van der Waals surface area contributed by atoms with Crippen LogP contribution in [0, 0.1) is 13.0 Å². The summed E-state index contributed by atoms with van der Waals surface area (Å²) in [6.07, 6.45) is 8.73. The predicted molar refractivity (Wildman–Crippen MR) is 119 cm³/mol. The average molecular weight is 520 g/mol. The van der Waals surface area contributed by atoms with Crippen molar-refractivity contribution in [3.05, 3.63) is 89.7 Å². The molecule has 151 valence electrons. The van der Waals surface area contributed by atoms with Crippen molar-refractivity contribution >= 4 is 19.6 Å². The molecule has 1 radical (unpaired) electrons. The van der Waals surface area contributed by atoms with Gasteiger partial charge in [-0.25, -0.2) is 11.3 Å². The first-order valence-electron chi connectivity index (χ1n) is 9.44. The number of fused-ring (bicyclic) bond motifs is 1. The van der Waals surface area contributed by atoms with E-state index >= 15 is 0 Å². The fourth-order valence-corrected chi connectivity index (χ4v) is 3.91. The van der Waals surface area contributed by atoms with Crippen LogP contribution in [0.15, 0.2) is 78.0 Å². The standard InChI is InChI=1S/C16H13.C7H10Si.C2H6.2ClH.Zr/c1-12-10-14-8-5-9-15(16(14)11-12)13-6-3-2-4-7-13;1-8(2)7-5-3-4-6-7;1-2;;;/h2-11H,1H3;3,5H,4H2,1-2H3;1-2H3;2*1H;/q2*-1;;;;+4/p-2. The molecule has 0 N–H and O–H groups in total. The van der Waals surface area contributed by atoms with Crippen molar-refractivity contribution in [1.29, 1.82) is 0 Å². The largest absolute Gasteiger partial charge is 4.00 e. The number of halogens is 2. The SMILES string of the molecule is CC.C[Si](C)C1=[C-]CC=C1.Cc1cc2c(-c3ccccc3)cccc2[cH-]1.[Cl-].[Cl-].[Zr+4]. The van der Waals surface area contributed by atoms with E-state index in [4.69, 9.17) is 0 Å². The number of rotatable bonds is 2. The van der Waals surface area contributed by atoms with E-state index in [0.717, 1.165) is 6.42 Å². The molecule has 0 bridgehead atoms. The summed E-state index contributed by atoms with van der Waals surface area (Å²) in [5.41, 5.74) is 3.95. The van der Waals surface area contributed by atoms with Crippen molar-refractivity contribution in [2.75, 3.05) is 0 Å². The smallest absolute Gasteiger partial charge is 1.00 e. The summed E-state index contributed by atoms with van der Waals surface area (Å²) in [7, 11) is -0.194. The van der Waals surface area contributed by atoms with Gasteiger partial charge in [0.1, 0.15) is 0 Å². The maximum absolute atomic E-state index is 3.31. The molecule has 0 atom stereocenters. The van der Waals surface area contributed by atoms with Gasteiger partial charge in [-0.1, -0.05) is 75.8 Å². The Bertz CT molecular complexity index is 880. The van der Waals surface area contributed by atoms with Gasteiger partial charge in [0.15, 0.2) is 0 Å². The van der Waals surface area contributed by atoms with Crippen LogP contribution >= 0.6 is 0 Å². The summed E-state index contributed by atoms with van der Waals surface area (Å²) in [4.78, 5) is 0. The molecule has 1 aliphatic rings. The predicted octanol–water partition coefficient (Wildman–Crippen LogP) is 1.54. The first kappa shape index (κ1) is 30.4. The summed E-state index contributed by atoms with van der Waals surface area (Å²) in [5, 5.41) is 4.15. The van der Waals surface area contributed by atoms with E-state index in [1.165, 1.54) is 32.7 Å². The number of hydrogen-bond acceptors (Lipinski definition) is 0. The summed E-state index contributed by atoms with van der Waals surface area (Å²) < 4.78 is 0. The van der Waals surface area contributed by atoms with Crippen molar-refractivity contribution in [2.45, 2.75) is 40.3 Å². The Morgan fingerprint density at radius 1 is 0.931 bits per heavy atom. The van der Waals surface area contributed by atoms with Crippen LogP contribution in [0.2, 0.25) is 13.1 Å².